The molecule has 0 aromatic heterocycles. The van der Waals surface area contributed by atoms with E-state index in [0.717, 1.165) is 44.4 Å². The number of hydrogen-bond acceptors (Lipinski definition) is 4. The molecule has 1 saturated heterocycles. The number of halogens is 1. The molecule has 0 aliphatic carbocycles. The van der Waals surface area contributed by atoms with Crippen LogP contribution in [0.15, 0.2) is 18.2 Å². The molecule has 0 spiro atoms. The molecule has 1 heterocycles. The fourth-order valence-electron chi connectivity index (χ4n) is 2.44. The zero-order valence-corrected chi connectivity index (χ0v) is 13.2. The molecule has 1 aromatic carbocycles. The molecule has 2 N–H and O–H groups in total. The molecule has 1 fully saturated rings. The summed E-state index contributed by atoms with van der Waals surface area (Å²) >= 11 is 0. The summed E-state index contributed by atoms with van der Waals surface area (Å²) in [6.07, 6.45) is 3.28. The molecule has 1 aromatic rings. The molecule has 5 nitrogen and oxygen atoms in total. The molecule has 118 valence electrons. The van der Waals surface area contributed by atoms with Gasteiger partial charge in [-0.25, -0.2) is 12.8 Å². The fourth-order valence-corrected chi connectivity index (χ4v) is 3.00. The average Bonchev–Trinajstić information content (AvgIpc) is 2.40. The van der Waals surface area contributed by atoms with Crippen LogP contribution in [0.4, 0.5) is 15.8 Å². The Kier molecular flexibility index (Phi) is 5.05. The summed E-state index contributed by atoms with van der Waals surface area (Å²) in [6.45, 7) is 3.01. The van der Waals surface area contributed by atoms with E-state index >= 15 is 0 Å². The van der Waals surface area contributed by atoms with Gasteiger partial charge in [-0.1, -0.05) is 0 Å². The molecule has 1 aliphatic heterocycles. The van der Waals surface area contributed by atoms with Crippen molar-refractivity contribution >= 4 is 21.4 Å². The number of piperidine rings is 1. The standard InChI is InChI=1S/C14H22FN3O2S/c1-18-7-5-11(6-8-18)10-16-12-3-4-13(15)14(9-12)17-21(2,19)20/h3-4,9,11,16-17H,5-8,10H2,1-2H3. The Labute approximate surface area is 125 Å². The number of likely N-dealkylation sites (tertiary alicyclic amines) is 1. The lowest BCUT2D eigenvalue weighted by atomic mass is 9.97. The van der Waals surface area contributed by atoms with E-state index in [2.05, 4.69) is 22.0 Å². The Balaban J connectivity index is 1.96. The number of rotatable bonds is 5. The first-order valence-electron chi connectivity index (χ1n) is 7.03. The van der Waals surface area contributed by atoms with Gasteiger partial charge in [-0.05, 0) is 57.1 Å². The maximum atomic E-state index is 13.6. The molecule has 7 heteroatoms. The van der Waals surface area contributed by atoms with Crippen LogP contribution in [-0.2, 0) is 10.0 Å². The first-order valence-corrected chi connectivity index (χ1v) is 8.92. The third kappa shape index (κ3) is 5.17. The van der Waals surface area contributed by atoms with Gasteiger partial charge < -0.3 is 10.2 Å². The second-order valence-corrected chi connectivity index (χ2v) is 7.44. The summed E-state index contributed by atoms with van der Waals surface area (Å²) in [6, 6.07) is 4.38. The van der Waals surface area contributed by atoms with Gasteiger partial charge in [0.15, 0.2) is 0 Å². The minimum Gasteiger partial charge on any atom is -0.385 e. The molecule has 0 unspecified atom stereocenters. The Bertz CT molecular complexity index is 584. The van der Waals surface area contributed by atoms with Crippen LogP contribution in [0, 0.1) is 11.7 Å². The zero-order valence-electron chi connectivity index (χ0n) is 12.4. The first kappa shape index (κ1) is 16.0. The van der Waals surface area contributed by atoms with Crippen LogP contribution in [0.1, 0.15) is 12.8 Å². The predicted octanol–water partition coefficient (Wildman–Crippen LogP) is 1.95. The minimum atomic E-state index is -3.48. The smallest absolute Gasteiger partial charge is 0.229 e. The van der Waals surface area contributed by atoms with Crippen molar-refractivity contribution < 1.29 is 12.8 Å². The van der Waals surface area contributed by atoms with Crippen LogP contribution in [0.2, 0.25) is 0 Å². The summed E-state index contributed by atoms with van der Waals surface area (Å²) < 4.78 is 38.2. The van der Waals surface area contributed by atoms with Crippen molar-refractivity contribution in [1.29, 1.82) is 0 Å². The summed E-state index contributed by atoms with van der Waals surface area (Å²) in [5.74, 6) is 0.0165. The van der Waals surface area contributed by atoms with Gasteiger partial charge in [-0.2, -0.15) is 0 Å². The highest BCUT2D eigenvalue weighted by atomic mass is 32.2. The number of sulfonamides is 1. The molecule has 0 bridgehead atoms. The first-order chi connectivity index (χ1) is 9.83. The van der Waals surface area contributed by atoms with Crippen LogP contribution in [-0.4, -0.2) is 46.3 Å². The second-order valence-electron chi connectivity index (χ2n) is 5.70. The quantitative estimate of drug-likeness (QED) is 0.872. The maximum absolute atomic E-state index is 13.6. The van der Waals surface area contributed by atoms with Gasteiger partial charge in [0.2, 0.25) is 10.0 Å². The molecule has 1 aliphatic rings. The van der Waals surface area contributed by atoms with E-state index in [1.165, 1.54) is 12.1 Å². The van der Waals surface area contributed by atoms with Crippen molar-refractivity contribution in [2.24, 2.45) is 5.92 Å². The van der Waals surface area contributed by atoms with Gasteiger partial charge in [0.1, 0.15) is 5.82 Å². The minimum absolute atomic E-state index is 0.0223. The van der Waals surface area contributed by atoms with Crippen molar-refractivity contribution in [3.8, 4) is 0 Å². The Morgan fingerprint density at radius 3 is 2.62 bits per heavy atom. The van der Waals surface area contributed by atoms with E-state index in [9.17, 15) is 12.8 Å². The van der Waals surface area contributed by atoms with Gasteiger partial charge in [0, 0.05) is 12.2 Å². The number of hydrogen-bond donors (Lipinski definition) is 2. The molecule has 0 radical (unpaired) electrons. The monoisotopic (exact) mass is 315 g/mol. The van der Waals surface area contributed by atoms with Crippen molar-refractivity contribution in [2.75, 3.05) is 43.0 Å². The second kappa shape index (κ2) is 6.62. The predicted molar refractivity (Wildman–Crippen MR) is 83.6 cm³/mol. The van der Waals surface area contributed by atoms with E-state index in [0.29, 0.717) is 5.92 Å². The Morgan fingerprint density at radius 1 is 1.33 bits per heavy atom. The molecular weight excluding hydrogens is 293 g/mol. The van der Waals surface area contributed by atoms with Gasteiger partial charge in [-0.3, -0.25) is 4.72 Å². The van der Waals surface area contributed by atoms with Crippen molar-refractivity contribution in [1.82, 2.24) is 4.90 Å². The highest BCUT2D eigenvalue weighted by Crippen LogP contribution is 2.22. The van der Waals surface area contributed by atoms with Crippen LogP contribution < -0.4 is 10.0 Å². The third-order valence-electron chi connectivity index (χ3n) is 3.69. The van der Waals surface area contributed by atoms with Gasteiger partial charge in [0.05, 0.1) is 11.9 Å². The highest BCUT2D eigenvalue weighted by molar-refractivity contribution is 7.92. The lowest BCUT2D eigenvalue weighted by Gasteiger charge is -2.29. The lowest BCUT2D eigenvalue weighted by Crippen LogP contribution is -2.32. The molecule has 0 atom stereocenters. The number of anilines is 2. The normalized spacial score (nSPS) is 17.7. The Hall–Kier alpha value is -1.34. The van der Waals surface area contributed by atoms with Gasteiger partial charge in [0.25, 0.3) is 0 Å². The SMILES string of the molecule is CN1CCC(CNc2ccc(F)c(NS(C)(=O)=O)c2)CC1. The molecule has 0 amide bonds. The summed E-state index contributed by atoms with van der Waals surface area (Å²) in [4.78, 5) is 2.31. The van der Waals surface area contributed by atoms with E-state index in [1.807, 2.05) is 0 Å². The average molecular weight is 315 g/mol. The van der Waals surface area contributed by atoms with E-state index < -0.39 is 15.8 Å². The number of nitrogens with one attached hydrogen (secondary N) is 2. The van der Waals surface area contributed by atoms with Crippen molar-refractivity contribution in [2.45, 2.75) is 12.8 Å². The summed E-state index contributed by atoms with van der Waals surface area (Å²) in [5, 5.41) is 3.26. The van der Waals surface area contributed by atoms with E-state index in [1.54, 1.807) is 6.07 Å². The van der Waals surface area contributed by atoms with Crippen LogP contribution in [0.5, 0.6) is 0 Å². The maximum Gasteiger partial charge on any atom is 0.229 e. The summed E-state index contributed by atoms with van der Waals surface area (Å²) in [7, 11) is -1.36. The number of nitrogens with zero attached hydrogens (tertiary/aromatic N) is 1. The summed E-state index contributed by atoms with van der Waals surface area (Å²) in [5.41, 5.74) is 0.701. The zero-order chi connectivity index (χ0) is 15.5. The van der Waals surface area contributed by atoms with Gasteiger partial charge >= 0.3 is 0 Å². The van der Waals surface area contributed by atoms with Crippen LogP contribution in [0.25, 0.3) is 0 Å². The van der Waals surface area contributed by atoms with Crippen LogP contribution in [0.3, 0.4) is 0 Å². The van der Waals surface area contributed by atoms with Gasteiger partial charge in [-0.15, -0.1) is 0 Å². The topological polar surface area (TPSA) is 61.4 Å². The van der Waals surface area contributed by atoms with E-state index in [-0.39, 0.29) is 5.69 Å². The highest BCUT2D eigenvalue weighted by Gasteiger charge is 2.16. The molecular formula is C14H22FN3O2S. The molecule has 0 saturated carbocycles. The van der Waals surface area contributed by atoms with Crippen LogP contribution >= 0.6 is 0 Å². The fraction of sp³-hybridized carbons (Fsp3) is 0.571. The van der Waals surface area contributed by atoms with Crippen molar-refractivity contribution in [3.05, 3.63) is 24.0 Å². The largest absolute Gasteiger partial charge is 0.385 e. The van der Waals surface area contributed by atoms with E-state index in [4.69, 9.17) is 0 Å². The third-order valence-corrected chi connectivity index (χ3v) is 4.29. The molecule has 2 rings (SSSR count). The lowest BCUT2D eigenvalue weighted by molar-refractivity contribution is 0.226. The molecule has 21 heavy (non-hydrogen) atoms. The number of benzene rings is 1. The Morgan fingerprint density at radius 2 is 2.00 bits per heavy atom. The van der Waals surface area contributed by atoms with Crippen molar-refractivity contribution in [3.63, 3.8) is 0 Å².